The van der Waals surface area contributed by atoms with Crippen molar-refractivity contribution >= 4 is 17.3 Å². The Bertz CT molecular complexity index is 418. The van der Waals surface area contributed by atoms with Gasteiger partial charge in [-0.05, 0) is 31.2 Å². The highest BCUT2D eigenvalue weighted by molar-refractivity contribution is 6.30. The highest BCUT2D eigenvalue weighted by Crippen LogP contribution is 2.37. The molecular formula is C10H9ClFNO2. The summed E-state index contributed by atoms with van der Waals surface area (Å²) in [6.45, 7) is 0. The van der Waals surface area contributed by atoms with Gasteiger partial charge >= 0.3 is 0 Å². The first kappa shape index (κ1) is 10.4. The average molecular weight is 230 g/mol. The number of nitro benzene ring substituents is 1. The molecular weight excluding hydrogens is 221 g/mol. The third-order valence-corrected chi connectivity index (χ3v) is 2.85. The number of rotatable bonds is 3. The van der Waals surface area contributed by atoms with Crippen molar-refractivity contribution in [3.63, 3.8) is 0 Å². The minimum atomic E-state index is -0.641. The first-order valence-electron chi connectivity index (χ1n) is 4.71. The fourth-order valence-electron chi connectivity index (χ4n) is 1.56. The van der Waals surface area contributed by atoms with Crippen molar-refractivity contribution in [2.75, 3.05) is 0 Å². The lowest BCUT2D eigenvalue weighted by atomic mass is 10.1. The molecule has 0 spiro atoms. The second kappa shape index (κ2) is 3.77. The Labute approximate surface area is 91.0 Å². The van der Waals surface area contributed by atoms with Crippen LogP contribution in [0.3, 0.4) is 0 Å². The molecule has 0 aromatic heterocycles. The van der Waals surface area contributed by atoms with Gasteiger partial charge in [0.05, 0.1) is 15.5 Å². The van der Waals surface area contributed by atoms with E-state index < -0.39 is 10.7 Å². The predicted molar refractivity (Wildman–Crippen MR) is 54.5 cm³/mol. The Morgan fingerprint density at radius 1 is 1.53 bits per heavy atom. The van der Waals surface area contributed by atoms with E-state index in [1.165, 1.54) is 12.1 Å². The molecule has 0 heterocycles. The van der Waals surface area contributed by atoms with E-state index in [-0.39, 0.29) is 16.3 Å². The number of hydrogen-bond acceptors (Lipinski definition) is 2. The topological polar surface area (TPSA) is 43.1 Å². The molecule has 0 saturated heterocycles. The van der Waals surface area contributed by atoms with E-state index in [9.17, 15) is 14.5 Å². The second-order valence-electron chi connectivity index (χ2n) is 3.76. The van der Waals surface area contributed by atoms with Gasteiger partial charge < -0.3 is 0 Å². The summed E-state index contributed by atoms with van der Waals surface area (Å²) in [4.78, 5) is 10.1. The summed E-state index contributed by atoms with van der Waals surface area (Å²) in [7, 11) is 0. The quantitative estimate of drug-likeness (QED) is 0.589. The first-order valence-corrected chi connectivity index (χ1v) is 5.08. The molecule has 0 amide bonds. The molecule has 0 bridgehead atoms. The summed E-state index contributed by atoms with van der Waals surface area (Å²) in [5, 5.41) is 10.6. The molecule has 1 aliphatic rings. The van der Waals surface area contributed by atoms with Crippen LogP contribution < -0.4 is 0 Å². The van der Waals surface area contributed by atoms with Gasteiger partial charge in [0, 0.05) is 6.07 Å². The fraction of sp³-hybridized carbons (Fsp3) is 0.400. The van der Waals surface area contributed by atoms with Crippen molar-refractivity contribution in [2.45, 2.75) is 19.3 Å². The van der Waals surface area contributed by atoms with Gasteiger partial charge in [-0.15, -0.1) is 0 Å². The molecule has 1 aliphatic carbocycles. The molecule has 3 nitrogen and oxygen atoms in total. The number of benzene rings is 1. The van der Waals surface area contributed by atoms with Gasteiger partial charge in [0.2, 0.25) is 0 Å². The Morgan fingerprint density at radius 2 is 2.20 bits per heavy atom. The van der Waals surface area contributed by atoms with Crippen LogP contribution in [0.15, 0.2) is 12.1 Å². The zero-order valence-corrected chi connectivity index (χ0v) is 8.63. The molecule has 0 N–H and O–H groups in total. The lowest BCUT2D eigenvalue weighted by Crippen LogP contribution is -2.00. The minimum absolute atomic E-state index is 0.0451. The van der Waals surface area contributed by atoms with Gasteiger partial charge in [-0.25, -0.2) is 4.39 Å². The van der Waals surface area contributed by atoms with Crippen molar-refractivity contribution < 1.29 is 9.31 Å². The predicted octanol–water partition coefficient (Wildman–Crippen LogP) is 3.34. The molecule has 80 valence electrons. The van der Waals surface area contributed by atoms with E-state index in [1.54, 1.807) is 0 Å². The highest BCUT2D eigenvalue weighted by atomic mass is 35.5. The SMILES string of the molecule is O=[N+]([O-])c1ccc(Cl)c(F)c1CC1CC1. The maximum absolute atomic E-state index is 13.6. The Balaban J connectivity index is 2.44. The highest BCUT2D eigenvalue weighted by Gasteiger charge is 2.28. The van der Waals surface area contributed by atoms with Crippen LogP contribution in [0.4, 0.5) is 10.1 Å². The summed E-state index contributed by atoms with van der Waals surface area (Å²) < 4.78 is 13.6. The van der Waals surface area contributed by atoms with Crippen molar-refractivity contribution in [1.82, 2.24) is 0 Å². The average Bonchev–Trinajstić information content (AvgIpc) is 2.96. The molecule has 15 heavy (non-hydrogen) atoms. The minimum Gasteiger partial charge on any atom is -0.258 e. The summed E-state index contributed by atoms with van der Waals surface area (Å²) >= 11 is 5.60. The fourth-order valence-corrected chi connectivity index (χ4v) is 1.74. The van der Waals surface area contributed by atoms with Crippen LogP contribution in [-0.2, 0) is 6.42 Å². The summed E-state index contributed by atoms with van der Waals surface area (Å²) in [5.41, 5.74) is -0.0150. The molecule has 0 radical (unpaired) electrons. The standard InChI is InChI=1S/C10H9ClFNO2/c11-8-3-4-9(13(14)15)7(10(8)12)5-6-1-2-6/h3-4,6H,1-2,5H2. The van der Waals surface area contributed by atoms with Gasteiger partial charge in [0.1, 0.15) is 0 Å². The van der Waals surface area contributed by atoms with Crippen LogP contribution in [0.25, 0.3) is 0 Å². The van der Waals surface area contributed by atoms with Crippen LogP contribution in [0, 0.1) is 21.8 Å². The molecule has 1 fully saturated rings. The smallest absolute Gasteiger partial charge is 0.258 e. The summed E-state index contributed by atoms with van der Waals surface area (Å²) in [6.07, 6.45) is 2.45. The molecule has 0 unspecified atom stereocenters. The van der Waals surface area contributed by atoms with Gasteiger partial charge in [-0.1, -0.05) is 11.6 Å². The zero-order chi connectivity index (χ0) is 11.0. The van der Waals surface area contributed by atoms with Crippen LogP contribution in [0.1, 0.15) is 18.4 Å². The van der Waals surface area contributed by atoms with Crippen molar-refractivity contribution in [3.8, 4) is 0 Å². The molecule has 1 aromatic carbocycles. The van der Waals surface area contributed by atoms with E-state index in [1.807, 2.05) is 0 Å². The maximum Gasteiger partial charge on any atom is 0.275 e. The van der Waals surface area contributed by atoms with E-state index in [0.29, 0.717) is 12.3 Å². The Kier molecular flexibility index (Phi) is 2.61. The number of hydrogen-bond donors (Lipinski definition) is 0. The largest absolute Gasteiger partial charge is 0.275 e. The van der Waals surface area contributed by atoms with E-state index in [0.717, 1.165) is 12.8 Å². The maximum atomic E-state index is 13.6. The van der Waals surface area contributed by atoms with E-state index in [2.05, 4.69) is 0 Å². The Hall–Kier alpha value is -1.16. The van der Waals surface area contributed by atoms with E-state index in [4.69, 9.17) is 11.6 Å². The van der Waals surface area contributed by atoms with Gasteiger partial charge in [0.25, 0.3) is 5.69 Å². The molecule has 5 heteroatoms. The van der Waals surface area contributed by atoms with E-state index >= 15 is 0 Å². The molecule has 1 aromatic rings. The molecule has 0 aliphatic heterocycles. The van der Waals surface area contributed by atoms with Crippen LogP contribution in [-0.4, -0.2) is 4.92 Å². The van der Waals surface area contributed by atoms with Crippen molar-refractivity contribution in [3.05, 3.63) is 38.7 Å². The third kappa shape index (κ3) is 2.09. The molecule has 2 rings (SSSR count). The first-order chi connectivity index (χ1) is 7.09. The Morgan fingerprint density at radius 3 is 2.73 bits per heavy atom. The van der Waals surface area contributed by atoms with Crippen LogP contribution in [0.5, 0.6) is 0 Å². The van der Waals surface area contributed by atoms with Gasteiger partial charge in [-0.2, -0.15) is 0 Å². The van der Waals surface area contributed by atoms with Crippen molar-refractivity contribution in [1.29, 1.82) is 0 Å². The third-order valence-electron chi connectivity index (χ3n) is 2.56. The number of nitro groups is 1. The second-order valence-corrected chi connectivity index (χ2v) is 4.17. The summed E-state index contributed by atoms with van der Waals surface area (Å²) in [5.74, 6) is -0.255. The van der Waals surface area contributed by atoms with Gasteiger partial charge in [-0.3, -0.25) is 10.1 Å². The zero-order valence-electron chi connectivity index (χ0n) is 7.87. The number of halogens is 2. The normalized spacial score (nSPS) is 15.3. The summed E-state index contributed by atoms with van der Waals surface area (Å²) in [6, 6.07) is 2.49. The monoisotopic (exact) mass is 229 g/mol. The molecule has 1 saturated carbocycles. The van der Waals surface area contributed by atoms with Crippen LogP contribution in [0.2, 0.25) is 5.02 Å². The lowest BCUT2D eigenvalue weighted by molar-refractivity contribution is -0.385. The number of nitrogens with zero attached hydrogens (tertiary/aromatic N) is 1. The van der Waals surface area contributed by atoms with Gasteiger partial charge in [0.15, 0.2) is 5.82 Å². The molecule has 0 atom stereocenters. The van der Waals surface area contributed by atoms with Crippen molar-refractivity contribution in [2.24, 2.45) is 5.92 Å². The van der Waals surface area contributed by atoms with Crippen LogP contribution >= 0.6 is 11.6 Å². The lowest BCUT2D eigenvalue weighted by Gasteiger charge is -2.04.